The Labute approximate surface area is 123 Å². The molecule has 6 heteroatoms. The second-order valence-electron chi connectivity index (χ2n) is 5.00. The predicted molar refractivity (Wildman–Crippen MR) is 74.0 cm³/mol. The molecule has 0 aliphatic carbocycles. The summed E-state index contributed by atoms with van der Waals surface area (Å²) in [5.74, 6) is -2.72. The Bertz CT molecular complexity index is 476. The van der Waals surface area contributed by atoms with Crippen molar-refractivity contribution in [2.75, 3.05) is 13.1 Å². The predicted octanol–water partition coefficient (Wildman–Crippen LogP) is 3.24. The van der Waals surface area contributed by atoms with Crippen molar-refractivity contribution < 1.29 is 18.7 Å². The molecule has 3 nitrogen and oxygen atoms in total. The van der Waals surface area contributed by atoms with Gasteiger partial charge in [0.05, 0.1) is 5.92 Å². The van der Waals surface area contributed by atoms with E-state index in [9.17, 15) is 13.6 Å². The van der Waals surface area contributed by atoms with Gasteiger partial charge in [-0.15, -0.1) is 12.4 Å². The van der Waals surface area contributed by atoms with Gasteiger partial charge < -0.3 is 5.11 Å². The average molecular weight is 306 g/mol. The van der Waals surface area contributed by atoms with Crippen LogP contribution in [0.3, 0.4) is 0 Å². The number of aliphatic carboxylic acids is 1. The van der Waals surface area contributed by atoms with Crippen LogP contribution in [-0.4, -0.2) is 29.1 Å². The standard InChI is InChI=1S/C14H17F2NO2.ClH/c1-9(11-2-3-12(15)13(16)8-11)17-6-4-10(5-7-17)14(18)19;/h2-3,8-10H,4-7H2,1H3,(H,18,19);1H. The molecule has 112 valence electrons. The summed E-state index contributed by atoms with van der Waals surface area (Å²) >= 11 is 0. The summed E-state index contributed by atoms with van der Waals surface area (Å²) in [7, 11) is 0. The van der Waals surface area contributed by atoms with Crippen LogP contribution in [0.4, 0.5) is 8.78 Å². The van der Waals surface area contributed by atoms with Gasteiger partial charge in [-0.25, -0.2) is 8.78 Å². The van der Waals surface area contributed by atoms with Crippen LogP contribution in [0.1, 0.15) is 31.4 Å². The number of carbonyl (C=O) groups is 1. The molecule has 0 aromatic heterocycles. The van der Waals surface area contributed by atoms with Crippen molar-refractivity contribution in [1.82, 2.24) is 4.90 Å². The number of carboxylic acid groups (broad SMARTS) is 1. The highest BCUT2D eigenvalue weighted by atomic mass is 35.5. The van der Waals surface area contributed by atoms with E-state index in [1.807, 2.05) is 6.92 Å². The topological polar surface area (TPSA) is 40.5 Å². The fraction of sp³-hybridized carbons (Fsp3) is 0.500. The fourth-order valence-electron chi connectivity index (χ4n) is 2.52. The summed E-state index contributed by atoms with van der Waals surface area (Å²) in [5, 5.41) is 8.94. The summed E-state index contributed by atoms with van der Waals surface area (Å²) in [6.45, 7) is 3.25. The molecule has 1 aliphatic rings. The first kappa shape index (κ1) is 16.9. The molecule has 1 saturated heterocycles. The highest BCUT2D eigenvalue weighted by Gasteiger charge is 2.27. The third kappa shape index (κ3) is 3.67. The van der Waals surface area contributed by atoms with E-state index in [0.717, 1.165) is 6.07 Å². The van der Waals surface area contributed by atoms with Gasteiger partial charge >= 0.3 is 5.97 Å². The summed E-state index contributed by atoms with van der Waals surface area (Å²) in [6.07, 6.45) is 1.20. The van der Waals surface area contributed by atoms with Crippen molar-refractivity contribution in [1.29, 1.82) is 0 Å². The zero-order chi connectivity index (χ0) is 14.0. The van der Waals surface area contributed by atoms with Crippen molar-refractivity contribution in [2.24, 2.45) is 5.92 Å². The SMILES string of the molecule is CC(c1ccc(F)c(F)c1)N1CCC(C(=O)O)CC1.Cl. The minimum atomic E-state index is -0.847. The molecule has 0 amide bonds. The van der Waals surface area contributed by atoms with Crippen LogP contribution < -0.4 is 0 Å². The first-order chi connectivity index (χ1) is 8.99. The maximum atomic E-state index is 13.2. The van der Waals surface area contributed by atoms with E-state index in [1.165, 1.54) is 6.07 Å². The normalized spacial score (nSPS) is 18.4. The third-order valence-electron chi connectivity index (χ3n) is 3.85. The number of benzene rings is 1. The zero-order valence-electron chi connectivity index (χ0n) is 11.2. The average Bonchev–Trinajstić information content (AvgIpc) is 2.41. The highest BCUT2D eigenvalue weighted by Crippen LogP contribution is 2.27. The summed E-state index contributed by atoms with van der Waals surface area (Å²) in [6, 6.07) is 3.88. The Balaban J connectivity index is 0.00000200. The van der Waals surface area contributed by atoms with Crippen LogP contribution in [0.25, 0.3) is 0 Å². The molecule has 2 rings (SSSR count). The van der Waals surface area contributed by atoms with Crippen molar-refractivity contribution in [3.05, 3.63) is 35.4 Å². The van der Waals surface area contributed by atoms with Gasteiger partial charge in [-0.2, -0.15) is 0 Å². The van der Waals surface area contributed by atoms with Crippen LogP contribution >= 0.6 is 12.4 Å². The van der Waals surface area contributed by atoms with Gasteiger partial charge in [-0.3, -0.25) is 9.69 Å². The number of piperidine rings is 1. The van der Waals surface area contributed by atoms with Gasteiger partial charge in [-0.05, 0) is 50.6 Å². The molecule has 1 aliphatic heterocycles. The molecular formula is C14H18ClF2NO2. The van der Waals surface area contributed by atoms with Gasteiger partial charge in [0.25, 0.3) is 0 Å². The fourth-order valence-corrected chi connectivity index (χ4v) is 2.52. The van der Waals surface area contributed by atoms with Gasteiger partial charge in [-0.1, -0.05) is 6.07 Å². The van der Waals surface area contributed by atoms with Crippen LogP contribution in [0.2, 0.25) is 0 Å². The molecule has 20 heavy (non-hydrogen) atoms. The number of halogens is 3. The highest BCUT2D eigenvalue weighted by molar-refractivity contribution is 5.85. The van der Waals surface area contributed by atoms with Gasteiger partial charge in [0, 0.05) is 6.04 Å². The molecule has 1 aromatic carbocycles. The van der Waals surface area contributed by atoms with Crippen molar-refractivity contribution >= 4 is 18.4 Å². The minimum absolute atomic E-state index is 0. The number of likely N-dealkylation sites (tertiary alicyclic amines) is 1. The number of nitrogens with zero attached hydrogens (tertiary/aromatic N) is 1. The smallest absolute Gasteiger partial charge is 0.306 e. The second-order valence-corrected chi connectivity index (χ2v) is 5.00. The molecule has 0 saturated carbocycles. The lowest BCUT2D eigenvalue weighted by atomic mass is 9.95. The van der Waals surface area contributed by atoms with Gasteiger partial charge in [0.2, 0.25) is 0 Å². The summed E-state index contributed by atoms with van der Waals surface area (Å²) < 4.78 is 26.1. The lowest BCUT2D eigenvalue weighted by Crippen LogP contribution is -2.37. The molecule has 0 radical (unpaired) electrons. The third-order valence-corrected chi connectivity index (χ3v) is 3.85. The molecule has 1 heterocycles. The van der Waals surface area contributed by atoms with E-state index < -0.39 is 17.6 Å². The number of rotatable bonds is 3. The monoisotopic (exact) mass is 305 g/mol. The molecule has 1 N–H and O–H groups in total. The van der Waals surface area contributed by atoms with E-state index in [0.29, 0.717) is 31.5 Å². The molecule has 0 spiro atoms. The maximum Gasteiger partial charge on any atom is 0.306 e. The Morgan fingerprint density at radius 3 is 2.40 bits per heavy atom. The minimum Gasteiger partial charge on any atom is -0.481 e. The molecule has 1 aromatic rings. The largest absolute Gasteiger partial charge is 0.481 e. The number of hydrogen-bond acceptors (Lipinski definition) is 2. The quantitative estimate of drug-likeness (QED) is 0.932. The Kier molecular flexibility index (Phi) is 5.89. The first-order valence-corrected chi connectivity index (χ1v) is 6.41. The van der Waals surface area contributed by atoms with E-state index in [2.05, 4.69) is 4.90 Å². The zero-order valence-corrected chi connectivity index (χ0v) is 12.0. The Hall–Kier alpha value is -1.20. The second kappa shape index (κ2) is 6.99. The Morgan fingerprint density at radius 2 is 1.90 bits per heavy atom. The lowest BCUT2D eigenvalue weighted by Gasteiger charge is -2.35. The van der Waals surface area contributed by atoms with Crippen LogP contribution in [0, 0.1) is 17.6 Å². The van der Waals surface area contributed by atoms with Crippen molar-refractivity contribution in [3.8, 4) is 0 Å². The van der Waals surface area contributed by atoms with Crippen LogP contribution in [-0.2, 0) is 4.79 Å². The van der Waals surface area contributed by atoms with E-state index in [4.69, 9.17) is 5.11 Å². The van der Waals surface area contributed by atoms with Gasteiger partial charge in [0.15, 0.2) is 11.6 Å². The Morgan fingerprint density at radius 1 is 1.30 bits per heavy atom. The number of carboxylic acids is 1. The maximum absolute atomic E-state index is 13.2. The number of hydrogen-bond donors (Lipinski definition) is 1. The molecular weight excluding hydrogens is 288 g/mol. The van der Waals surface area contributed by atoms with E-state index in [1.54, 1.807) is 6.07 Å². The van der Waals surface area contributed by atoms with Crippen LogP contribution in [0.15, 0.2) is 18.2 Å². The van der Waals surface area contributed by atoms with Gasteiger partial charge in [0.1, 0.15) is 0 Å². The first-order valence-electron chi connectivity index (χ1n) is 6.41. The molecule has 0 bridgehead atoms. The van der Waals surface area contributed by atoms with Crippen molar-refractivity contribution in [3.63, 3.8) is 0 Å². The van der Waals surface area contributed by atoms with Crippen LogP contribution in [0.5, 0.6) is 0 Å². The molecule has 1 unspecified atom stereocenters. The summed E-state index contributed by atoms with van der Waals surface area (Å²) in [4.78, 5) is 13.0. The molecule has 1 fully saturated rings. The van der Waals surface area contributed by atoms with E-state index in [-0.39, 0.29) is 24.4 Å². The summed E-state index contributed by atoms with van der Waals surface area (Å²) in [5.41, 5.74) is 0.715. The molecule has 1 atom stereocenters. The lowest BCUT2D eigenvalue weighted by molar-refractivity contribution is -0.143. The van der Waals surface area contributed by atoms with Crippen molar-refractivity contribution in [2.45, 2.75) is 25.8 Å². The van der Waals surface area contributed by atoms with E-state index >= 15 is 0 Å².